The molecule has 2 heterocycles. The van der Waals surface area contributed by atoms with Gasteiger partial charge in [-0.1, -0.05) is 35.5 Å². The van der Waals surface area contributed by atoms with Crippen molar-refractivity contribution in [1.29, 1.82) is 0 Å². The number of nitrogens with zero attached hydrogens (tertiary/aromatic N) is 4. The summed E-state index contributed by atoms with van der Waals surface area (Å²) in [6.07, 6.45) is 1.57. The van der Waals surface area contributed by atoms with Crippen molar-refractivity contribution >= 4 is 5.91 Å². The summed E-state index contributed by atoms with van der Waals surface area (Å²) < 4.78 is 7.08. The Morgan fingerprint density at radius 1 is 1.31 bits per heavy atom. The standard InChI is InChI=1S/C18H19N5O3/c1-23-16(10-24)20-21-17(23)12-7-13(8-12)19-18(25)14-9-15(26-22-14)11-5-3-2-4-6-11/h2-6,9,12-13,24H,7-8,10H2,1H3,(H,19,25). The maximum atomic E-state index is 12.4. The Bertz CT molecular complexity index is 912. The van der Waals surface area contributed by atoms with Crippen molar-refractivity contribution in [2.45, 2.75) is 31.4 Å². The van der Waals surface area contributed by atoms with E-state index in [1.165, 1.54) is 0 Å². The smallest absolute Gasteiger partial charge is 0.273 e. The highest BCUT2D eigenvalue weighted by Crippen LogP contribution is 2.36. The van der Waals surface area contributed by atoms with E-state index < -0.39 is 0 Å². The average Bonchev–Trinajstić information content (AvgIpc) is 3.25. The monoisotopic (exact) mass is 353 g/mol. The molecule has 1 aliphatic rings. The van der Waals surface area contributed by atoms with Gasteiger partial charge >= 0.3 is 0 Å². The first kappa shape index (κ1) is 16.5. The summed E-state index contributed by atoms with van der Waals surface area (Å²) in [5.74, 6) is 1.94. The van der Waals surface area contributed by atoms with Gasteiger partial charge < -0.3 is 19.5 Å². The van der Waals surface area contributed by atoms with Crippen molar-refractivity contribution in [3.05, 3.63) is 53.7 Å². The Labute approximate surface area is 149 Å². The second-order valence-corrected chi connectivity index (χ2v) is 6.47. The van der Waals surface area contributed by atoms with E-state index in [1.54, 1.807) is 6.07 Å². The highest BCUT2D eigenvalue weighted by molar-refractivity contribution is 5.93. The SMILES string of the molecule is Cn1c(CO)nnc1C1CC(NC(=O)c2cc(-c3ccccc3)on2)C1. The van der Waals surface area contributed by atoms with Crippen LogP contribution in [0.5, 0.6) is 0 Å². The molecule has 1 aromatic carbocycles. The number of aromatic nitrogens is 4. The van der Waals surface area contributed by atoms with Crippen LogP contribution in [0.1, 0.15) is 40.9 Å². The lowest BCUT2D eigenvalue weighted by molar-refractivity contribution is 0.0897. The summed E-state index contributed by atoms with van der Waals surface area (Å²) in [5, 5.41) is 24.1. The minimum absolute atomic E-state index is 0.0682. The molecule has 0 unspecified atom stereocenters. The lowest BCUT2D eigenvalue weighted by atomic mass is 9.79. The molecule has 8 heteroatoms. The number of rotatable bonds is 5. The lowest BCUT2D eigenvalue weighted by Crippen LogP contribution is -2.44. The summed E-state index contributed by atoms with van der Waals surface area (Å²) >= 11 is 0. The molecule has 1 fully saturated rings. The molecule has 26 heavy (non-hydrogen) atoms. The van der Waals surface area contributed by atoms with Crippen molar-refractivity contribution in [3.8, 4) is 11.3 Å². The zero-order valence-corrected chi connectivity index (χ0v) is 14.3. The quantitative estimate of drug-likeness (QED) is 0.722. The Balaban J connectivity index is 1.35. The molecule has 0 saturated heterocycles. The van der Waals surface area contributed by atoms with Crippen LogP contribution in [0.15, 0.2) is 40.9 Å². The third-order valence-corrected chi connectivity index (χ3v) is 4.78. The Morgan fingerprint density at radius 3 is 2.77 bits per heavy atom. The minimum atomic E-state index is -0.242. The van der Waals surface area contributed by atoms with E-state index in [-0.39, 0.29) is 30.2 Å². The summed E-state index contributed by atoms with van der Waals surface area (Å²) in [6, 6.07) is 11.2. The third kappa shape index (κ3) is 2.99. The molecule has 2 aromatic heterocycles. The number of aliphatic hydroxyl groups excluding tert-OH is 1. The zero-order valence-electron chi connectivity index (χ0n) is 14.3. The molecule has 1 aliphatic carbocycles. The maximum absolute atomic E-state index is 12.4. The predicted octanol–water partition coefficient (Wildman–Crippen LogP) is 1.64. The Morgan fingerprint density at radius 2 is 2.08 bits per heavy atom. The van der Waals surface area contributed by atoms with Gasteiger partial charge in [-0.15, -0.1) is 10.2 Å². The van der Waals surface area contributed by atoms with Crippen molar-refractivity contribution in [3.63, 3.8) is 0 Å². The number of carbonyl (C=O) groups excluding carboxylic acids is 1. The molecule has 3 aromatic rings. The zero-order chi connectivity index (χ0) is 18.1. The molecule has 1 amide bonds. The number of carbonyl (C=O) groups is 1. The van der Waals surface area contributed by atoms with Gasteiger partial charge in [-0.3, -0.25) is 4.79 Å². The lowest BCUT2D eigenvalue weighted by Gasteiger charge is -2.34. The van der Waals surface area contributed by atoms with Crippen LogP contribution >= 0.6 is 0 Å². The fraction of sp³-hybridized carbons (Fsp3) is 0.333. The summed E-state index contributed by atoms with van der Waals surface area (Å²) in [7, 11) is 1.84. The summed E-state index contributed by atoms with van der Waals surface area (Å²) in [6.45, 7) is -0.133. The molecule has 0 atom stereocenters. The molecule has 2 N–H and O–H groups in total. The minimum Gasteiger partial charge on any atom is -0.388 e. The van der Waals surface area contributed by atoms with Gasteiger partial charge in [0.1, 0.15) is 12.4 Å². The second kappa shape index (κ2) is 6.72. The maximum Gasteiger partial charge on any atom is 0.273 e. The van der Waals surface area contributed by atoms with Gasteiger partial charge in [0.15, 0.2) is 17.3 Å². The second-order valence-electron chi connectivity index (χ2n) is 6.47. The van der Waals surface area contributed by atoms with E-state index in [2.05, 4.69) is 20.7 Å². The van der Waals surface area contributed by atoms with Crippen LogP contribution in [-0.2, 0) is 13.7 Å². The van der Waals surface area contributed by atoms with Gasteiger partial charge in [-0.2, -0.15) is 0 Å². The fourth-order valence-corrected chi connectivity index (χ4v) is 3.20. The van der Waals surface area contributed by atoms with Crippen LogP contribution in [0.3, 0.4) is 0 Å². The molecule has 134 valence electrons. The van der Waals surface area contributed by atoms with E-state index >= 15 is 0 Å². The Kier molecular flexibility index (Phi) is 4.26. The van der Waals surface area contributed by atoms with E-state index in [1.807, 2.05) is 41.9 Å². The molecule has 4 rings (SSSR count). The van der Waals surface area contributed by atoms with E-state index in [4.69, 9.17) is 4.52 Å². The first-order chi connectivity index (χ1) is 12.7. The number of benzene rings is 1. The van der Waals surface area contributed by atoms with Crippen LogP contribution in [0, 0.1) is 0 Å². The van der Waals surface area contributed by atoms with Crippen LogP contribution in [0.4, 0.5) is 0 Å². The van der Waals surface area contributed by atoms with Gasteiger partial charge in [-0.05, 0) is 12.8 Å². The van der Waals surface area contributed by atoms with Crippen molar-refractivity contribution < 1.29 is 14.4 Å². The number of hydrogen-bond donors (Lipinski definition) is 2. The fourth-order valence-electron chi connectivity index (χ4n) is 3.20. The summed E-state index contributed by atoms with van der Waals surface area (Å²) in [4.78, 5) is 12.4. The molecule has 8 nitrogen and oxygen atoms in total. The largest absolute Gasteiger partial charge is 0.388 e. The summed E-state index contributed by atoms with van der Waals surface area (Å²) in [5.41, 5.74) is 1.15. The number of amides is 1. The number of nitrogens with one attached hydrogen (secondary N) is 1. The van der Waals surface area contributed by atoms with E-state index in [0.29, 0.717) is 11.6 Å². The Hall–Kier alpha value is -3.00. The van der Waals surface area contributed by atoms with Crippen molar-refractivity contribution in [2.24, 2.45) is 7.05 Å². The van der Waals surface area contributed by atoms with E-state index in [9.17, 15) is 9.90 Å². The molecule has 1 saturated carbocycles. The first-order valence-corrected chi connectivity index (χ1v) is 8.47. The van der Waals surface area contributed by atoms with Crippen molar-refractivity contribution in [2.75, 3.05) is 0 Å². The third-order valence-electron chi connectivity index (χ3n) is 4.78. The molecule has 0 spiro atoms. The van der Waals surface area contributed by atoms with Gasteiger partial charge in [0, 0.05) is 30.6 Å². The topological polar surface area (TPSA) is 106 Å². The van der Waals surface area contributed by atoms with Crippen LogP contribution in [0.25, 0.3) is 11.3 Å². The van der Waals surface area contributed by atoms with Crippen LogP contribution in [0.2, 0.25) is 0 Å². The molecule has 0 aliphatic heterocycles. The molecular formula is C18H19N5O3. The van der Waals surface area contributed by atoms with Crippen LogP contribution in [-0.4, -0.2) is 37.0 Å². The van der Waals surface area contributed by atoms with Gasteiger partial charge in [-0.25, -0.2) is 0 Å². The van der Waals surface area contributed by atoms with Gasteiger partial charge in [0.05, 0.1) is 0 Å². The highest BCUT2D eigenvalue weighted by atomic mass is 16.5. The number of hydrogen-bond acceptors (Lipinski definition) is 6. The van der Waals surface area contributed by atoms with Crippen LogP contribution < -0.4 is 5.32 Å². The number of aliphatic hydroxyl groups is 1. The van der Waals surface area contributed by atoms with E-state index in [0.717, 1.165) is 24.2 Å². The normalized spacial score (nSPS) is 19.2. The first-order valence-electron chi connectivity index (χ1n) is 8.47. The molecular weight excluding hydrogens is 334 g/mol. The van der Waals surface area contributed by atoms with Gasteiger partial charge in [0.2, 0.25) is 0 Å². The molecule has 0 radical (unpaired) electrons. The highest BCUT2D eigenvalue weighted by Gasteiger charge is 2.35. The average molecular weight is 353 g/mol. The molecule has 0 bridgehead atoms. The van der Waals surface area contributed by atoms with Crippen molar-refractivity contribution in [1.82, 2.24) is 25.2 Å². The van der Waals surface area contributed by atoms with Gasteiger partial charge in [0.25, 0.3) is 5.91 Å². The predicted molar refractivity (Wildman–Crippen MR) is 92.1 cm³/mol.